The molecule has 2 aromatic carbocycles. The summed E-state index contributed by atoms with van der Waals surface area (Å²) < 4.78 is 26.4. The number of hydrogen-bond donors (Lipinski definition) is 1. The van der Waals surface area contributed by atoms with E-state index in [0.29, 0.717) is 0 Å². The molecule has 0 spiro atoms. The average Bonchev–Trinajstić information content (AvgIpc) is 2.43. The summed E-state index contributed by atoms with van der Waals surface area (Å²) in [5.41, 5.74) is 0.901. The minimum atomic E-state index is -0.646. The molecule has 0 aliphatic rings. The Hall–Kier alpha value is -2.23. The molecule has 0 aliphatic carbocycles. The third-order valence-corrected chi connectivity index (χ3v) is 3.06. The van der Waals surface area contributed by atoms with E-state index in [1.54, 1.807) is 0 Å². The van der Waals surface area contributed by atoms with Crippen LogP contribution in [0.5, 0.6) is 0 Å². The van der Waals surface area contributed by atoms with Gasteiger partial charge in [-0.3, -0.25) is 4.79 Å². The minimum absolute atomic E-state index is 0.00724. The highest BCUT2D eigenvalue weighted by atomic mass is 19.1. The monoisotopic (exact) mass is 275 g/mol. The molecule has 0 aromatic heterocycles. The molecule has 0 unspecified atom stereocenters. The van der Waals surface area contributed by atoms with Gasteiger partial charge in [0.2, 0.25) is 5.91 Å². The second kappa shape index (κ2) is 6.28. The van der Waals surface area contributed by atoms with Gasteiger partial charge in [0.15, 0.2) is 0 Å². The smallest absolute Gasteiger partial charge is 0.225 e. The van der Waals surface area contributed by atoms with Gasteiger partial charge in [-0.05, 0) is 23.6 Å². The van der Waals surface area contributed by atoms with Gasteiger partial charge in [-0.2, -0.15) is 0 Å². The summed E-state index contributed by atoms with van der Waals surface area (Å²) in [4.78, 5) is 11.9. The van der Waals surface area contributed by atoms with Gasteiger partial charge in [0.25, 0.3) is 0 Å². The van der Waals surface area contributed by atoms with E-state index in [1.807, 2.05) is 37.3 Å². The van der Waals surface area contributed by atoms with Gasteiger partial charge in [-0.15, -0.1) is 0 Å². The van der Waals surface area contributed by atoms with Crippen LogP contribution in [0.4, 0.5) is 14.5 Å². The average molecular weight is 275 g/mol. The molecule has 0 fully saturated rings. The van der Waals surface area contributed by atoms with E-state index in [2.05, 4.69) is 5.32 Å². The zero-order valence-corrected chi connectivity index (χ0v) is 11.1. The van der Waals surface area contributed by atoms with Crippen LogP contribution in [0.25, 0.3) is 0 Å². The van der Waals surface area contributed by atoms with Gasteiger partial charge in [-0.25, -0.2) is 8.78 Å². The van der Waals surface area contributed by atoms with Crippen molar-refractivity contribution in [3.8, 4) is 0 Å². The van der Waals surface area contributed by atoms with Crippen LogP contribution in [0.3, 0.4) is 0 Å². The van der Waals surface area contributed by atoms with Crippen LogP contribution in [-0.4, -0.2) is 5.91 Å². The minimum Gasteiger partial charge on any atom is -0.323 e. The Bertz CT molecular complexity index is 599. The molecule has 0 heterocycles. The normalized spacial score (nSPS) is 11.9. The van der Waals surface area contributed by atoms with Gasteiger partial charge in [0.1, 0.15) is 11.6 Å². The van der Waals surface area contributed by atoms with Crippen molar-refractivity contribution in [2.24, 2.45) is 0 Å². The number of carbonyl (C=O) groups is 1. The van der Waals surface area contributed by atoms with Gasteiger partial charge < -0.3 is 5.32 Å². The van der Waals surface area contributed by atoms with Crippen molar-refractivity contribution < 1.29 is 13.6 Å². The summed E-state index contributed by atoms with van der Waals surface area (Å²) in [5, 5.41) is 2.40. The number of carbonyl (C=O) groups excluding carboxylic acids is 1. The number of rotatable bonds is 4. The van der Waals surface area contributed by atoms with Crippen molar-refractivity contribution in [3.05, 3.63) is 65.7 Å². The summed E-state index contributed by atoms with van der Waals surface area (Å²) in [6.45, 7) is 1.91. The number of hydrogen-bond acceptors (Lipinski definition) is 1. The zero-order chi connectivity index (χ0) is 14.5. The highest BCUT2D eigenvalue weighted by molar-refractivity contribution is 5.91. The van der Waals surface area contributed by atoms with E-state index in [-0.39, 0.29) is 23.9 Å². The Morgan fingerprint density at radius 3 is 2.55 bits per heavy atom. The lowest BCUT2D eigenvalue weighted by Crippen LogP contribution is -2.15. The van der Waals surface area contributed by atoms with Gasteiger partial charge >= 0.3 is 0 Å². The van der Waals surface area contributed by atoms with E-state index >= 15 is 0 Å². The second-order valence-electron chi connectivity index (χ2n) is 4.69. The van der Waals surface area contributed by atoms with Crippen LogP contribution in [-0.2, 0) is 4.79 Å². The van der Waals surface area contributed by atoms with Gasteiger partial charge in [0.05, 0.1) is 5.69 Å². The molecule has 0 saturated heterocycles. The quantitative estimate of drug-likeness (QED) is 0.894. The Labute approximate surface area is 116 Å². The lowest BCUT2D eigenvalue weighted by Gasteiger charge is -2.12. The van der Waals surface area contributed by atoms with Crippen LogP contribution >= 0.6 is 0 Å². The van der Waals surface area contributed by atoms with E-state index < -0.39 is 11.6 Å². The lowest BCUT2D eigenvalue weighted by molar-refractivity contribution is -0.116. The Morgan fingerprint density at radius 2 is 1.85 bits per heavy atom. The maximum absolute atomic E-state index is 13.4. The molecule has 0 saturated carbocycles. The predicted molar refractivity (Wildman–Crippen MR) is 74.5 cm³/mol. The molecule has 2 aromatic rings. The maximum atomic E-state index is 13.4. The fraction of sp³-hybridized carbons (Fsp3) is 0.188. The molecule has 2 rings (SSSR count). The summed E-state index contributed by atoms with van der Waals surface area (Å²) in [6, 6.07) is 12.5. The Balaban J connectivity index is 2.01. The van der Waals surface area contributed by atoms with Crippen molar-refractivity contribution >= 4 is 11.6 Å². The third kappa shape index (κ3) is 3.63. The van der Waals surface area contributed by atoms with Crippen molar-refractivity contribution in [3.63, 3.8) is 0 Å². The number of nitrogens with one attached hydrogen (secondary N) is 1. The second-order valence-corrected chi connectivity index (χ2v) is 4.69. The molecule has 104 valence electrons. The molecule has 1 N–H and O–H groups in total. The first-order chi connectivity index (χ1) is 9.56. The first kappa shape index (κ1) is 14.2. The topological polar surface area (TPSA) is 29.1 Å². The van der Waals surface area contributed by atoms with E-state index in [0.717, 1.165) is 23.8 Å². The van der Waals surface area contributed by atoms with E-state index in [9.17, 15) is 13.6 Å². The van der Waals surface area contributed by atoms with E-state index in [4.69, 9.17) is 0 Å². The zero-order valence-electron chi connectivity index (χ0n) is 11.1. The van der Waals surface area contributed by atoms with Crippen molar-refractivity contribution in [2.45, 2.75) is 19.3 Å². The standard InChI is InChI=1S/C16H15F2NO/c1-11(12-5-3-2-4-6-12)9-16(20)19-15-10-13(17)7-8-14(15)18/h2-8,10-11H,9H2,1H3,(H,19,20)/t11-/m0/s1. The number of amides is 1. The fourth-order valence-electron chi connectivity index (χ4n) is 1.97. The van der Waals surface area contributed by atoms with Crippen LogP contribution in [0, 0.1) is 11.6 Å². The fourth-order valence-corrected chi connectivity index (χ4v) is 1.97. The molecule has 0 bridgehead atoms. The van der Waals surface area contributed by atoms with Gasteiger partial charge in [0, 0.05) is 12.5 Å². The Morgan fingerprint density at radius 1 is 1.15 bits per heavy atom. The molecule has 2 nitrogen and oxygen atoms in total. The highest BCUT2D eigenvalue weighted by Gasteiger charge is 2.13. The number of anilines is 1. The van der Waals surface area contributed by atoms with Crippen LogP contribution < -0.4 is 5.32 Å². The maximum Gasteiger partial charge on any atom is 0.225 e. The molecule has 1 amide bonds. The summed E-state index contributed by atoms with van der Waals surface area (Å²) in [5.74, 6) is -1.57. The Kier molecular flexibility index (Phi) is 4.45. The third-order valence-electron chi connectivity index (χ3n) is 3.06. The van der Waals surface area contributed by atoms with Crippen molar-refractivity contribution in [1.29, 1.82) is 0 Å². The van der Waals surface area contributed by atoms with Gasteiger partial charge in [-0.1, -0.05) is 37.3 Å². The summed E-state index contributed by atoms with van der Waals surface area (Å²) in [6.07, 6.45) is 0.208. The summed E-state index contributed by atoms with van der Waals surface area (Å²) >= 11 is 0. The molecule has 0 aliphatic heterocycles. The number of halogens is 2. The molecule has 20 heavy (non-hydrogen) atoms. The molecule has 0 radical (unpaired) electrons. The van der Waals surface area contributed by atoms with Crippen LogP contribution in [0.1, 0.15) is 24.8 Å². The number of benzene rings is 2. The van der Waals surface area contributed by atoms with Crippen LogP contribution in [0.15, 0.2) is 48.5 Å². The molecular weight excluding hydrogens is 260 g/mol. The highest BCUT2D eigenvalue weighted by Crippen LogP contribution is 2.20. The first-order valence-corrected chi connectivity index (χ1v) is 6.36. The van der Waals surface area contributed by atoms with E-state index in [1.165, 1.54) is 0 Å². The molecule has 4 heteroatoms. The lowest BCUT2D eigenvalue weighted by atomic mass is 9.97. The van der Waals surface area contributed by atoms with Crippen LogP contribution in [0.2, 0.25) is 0 Å². The molecular formula is C16H15F2NO. The SMILES string of the molecule is C[C@@H](CC(=O)Nc1cc(F)ccc1F)c1ccccc1. The van der Waals surface area contributed by atoms with Crippen molar-refractivity contribution in [1.82, 2.24) is 0 Å². The molecule has 1 atom stereocenters. The summed E-state index contributed by atoms with van der Waals surface area (Å²) in [7, 11) is 0. The van der Waals surface area contributed by atoms with Crippen molar-refractivity contribution in [2.75, 3.05) is 5.32 Å². The first-order valence-electron chi connectivity index (χ1n) is 6.36. The predicted octanol–water partition coefficient (Wildman–Crippen LogP) is 4.10. The largest absolute Gasteiger partial charge is 0.323 e.